The topological polar surface area (TPSA) is 76.5 Å². The van der Waals surface area contributed by atoms with Gasteiger partial charge in [-0.1, -0.05) is 18.2 Å². The van der Waals surface area contributed by atoms with Crippen LogP contribution in [-0.4, -0.2) is 31.4 Å². The number of hydrogen-bond donors (Lipinski definition) is 1. The van der Waals surface area contributed by atoms with E-state index in [1.807, 2.05) is 0 Å². The molecule has 110 valence electrons. The maximum absolute atomic E-state index is 12.2. The number of ether oxygens (including phenoxy) is 1. The summed E-state index contributed by atoms with van der Waals surface area (Å²) in [7, 11) is -1.87. The van der Waals surface area contributed by atoms with Gasteiger partial charge >= 0.3 is 0 Å². The molecule has 1 atom stereocenters. The molecule has 1 aromatic carbocycles. The minimum atomic E-state index is -3.37. The number of pyridine rings is 1. The summed E-state index contributed by atoms with van der Waals surface area (Å²) in [5.41, 5.74) is -0.766. The van der Waals surface area contributed by atoms with Gasteiger partial charge in [-0.3, -0.25) is 4.98 Å². The molecule has 2 aromatic rings. The Hall–Kier alpha value is -1.92. The lowest BCUT2D eigenvalue weighted by molar-refractivity contribution is 0.0642. The zero-order chi connectivity index (χ0) is 15.1. The maximum atomic E-state index is 12.2. The van der Waals surface area contributed by atoms with E-state index in [-0.39, 0.29) is 17.1 Å². The molecule has 0 aliphatic carbocycles. The first-order valence-electron chi connectivity index (χ1n) is 6.53. The van der Waals surface area contributed by atoms with Gasteiger partial charge in [-0.25, -0.2) is 8.42 Å². The Morgan fingerprint density at radius 3 is 2.76 bits per heavy atom. The summed E-state index contributed by atoms with van der Waals surface area (Å²) in [6.45, 7) is 0. The van der Waals surface area contributed by atoms with E-state index in [0.717, 1.165) is 0 Å². The normalized spacial score (nSPS) is 23.3. The van der Waals surface area contributed by atoms with E-state index in [9.17, 15) is 13.5 Å². The van der Waals surface area contributed by atoms with Gasteiger partial charge in [0.1, 0.15) is 17.0 Å². The third-order valence-electron chi connectivity index (χ3n) is 3.78. The number of benzene rings is 1. The Morgan fingerprint density at radius 2 is 2.00 bits per heavy atom. The van der Waals surface area contributed by atoms with Gasteiger partial charge in [0.25, 0.3) is 0 Å². The summed E-state index contributed by atoms with van der Waals surface area (Å²) in [5, 5.41) is 11.1. The summed E-state index contributed by atoms with van der Waals surface area (Å²) in [5.74, 6) is 0.314. The Morgan fingerprint density at radius 1 is 1.24 bits per heavy atom. The number of aromatic nitrogens is 1. The van der Waals surface area contributed by atoms with Gasteiger partial charge in [0.2, 0.25) is 0 Å². The monoisotopic (exact) mass is 305 g/mol. The molecule has 0 radical (unpaired) electrons. The Kier molecular flexibility index (Phi) is 3.22. The van der Waals surface area contributed by atoms with Crippen molar-refractivity contribution in [2.75, 3.05) is 12.9 Å². The number of methoxy groups -OCH3 is 1. The van der Waals surface area contributed by atoms with Crippen molar-refractivity contribution in [3.8, 4) is 5.75 Å². The summed E-state index contributed by atoms with van der Waals surface area (Å²) < 4.78 is 29.6. The number of rotatable bonds is 2. The molecule has 6 heteroatoms. The molecule has 0 amide bonds. The zero-order valence-electron chi connectivity index (χ0n) is 11.5. The molecule has 1 aliphatic rings. The number of nitrogens with zero attached hydrogens (tertiary/aromatic N) is 1. The predicted octanol–water partition coefficient (Wildman–Crippen LogP) is 1.50. The van der Waals surface area contributed by atoms with Crippen molar-refractivity contribution in [3.05, 3.63) is 53.9 Å². The lowest BCUT2D eigenvalue weighted by Crippen LogP contribution is -2.37. The van der Waals surface area contributed by atoms with Crippen LogP contribution in [0.15, 0.2) is 47.5 Å². The van der Waals surface area contributed by atoms with Crippen LogP contribution in [0.2, 0.25) is 0 Å². The molecule has 0 spiro atoms. The molecular weight excluding hydrogens is 290 g/mol. The Balaban J connectivity index is 2.28. The van der Waals surface area contributed by atoms with E-state index in [2.05, 4.69) is 4.98 Å². The summed E-state index contributed by atoms with van der Waals surface area (Å²) in [6, 6.07) is 9.91. The van der Waals surface area contributed by atoms with Gasteiger partial charge in [-0.2, -0.15) is 0 Å². The minimum Gasteiger partial charge on any atom is -0.495 e. The fourth-order valence-corrected chi connectivity index (χ4v) is 4.36. The van der Waals surface area contributed by atoms with Crippen LogP contribution in [-0.2, 0) is 15.4 Å². The number of sulfone groups is 1. The second-order valence-electron chi connectivity index (χ2n) is 4.98. The van der Waals surface area contributed by atoms with Crippen LogP contribution in [0.1, 0.15) is 17.7 Å². The molecule has 2 heterocycles. The van der Waals surface area contributed by atoms with E-state index < -0.39 is 15.4 Å². The highest BCUT2D eigenvalue weighted by Gasteiger charge is 2.44. The molecule has 1 N–H and O–H groups in total. The number of fused-ring (bicyclic) bond motifs is 1. The van der Waals surface area contributed by atoms with Gasteiger partial charge in [-0.15, -0.1) is 0 Å². The van der Waals surface area contributed by atoms with Gasteiger partial charge in [0.15, 0.2) is 9.84 Å². The highest BCUT2D eigenvalue weighted by molar-refractivity contribution is 7.91. The molecule has 0 fully saturated rings. The summed E-state index contributed by atoms with van der Waals surface area (Å²) in [4.78, 5) is 4.38. The fraction of sp³-hybridized carbons (Fsp3) is 0.267. The second kappa shape index (κ2) is 4.82. The van der Waals surface area contributed by atoms with E-state index in [0.29, 0.717) is 17.0 Å². The quantitative estimate of drug-likeness (QED) is 0.910. The SMILES string of the molecule is COc1cccnc1C1(O)CCS(=O)(=O)c2ccccc21. The predicted molar refractivity (Wildman–Crippen MR) is 76.9 cm³/mol. The zero-order valence-corrected chi connectivity index (χ0v) is 12.3. The van der Waals surface area contributed by atoms with Crippen LogP contribution >= 0.6 is 0 Å². The van der Waals surface area contributed by atoms with Crippen molar-refractivity contribution < 1.29 is 18.3 Å². The van der Waals surface area contributed by atoms with Gasteiger partial charge < -0.3 is 9.84 Å². The molecule has 0 saturated carbocycles. The molecule has 1 aromatic heterocycles. The highest BCUT2D eigenvalue weighted by Crippen LogP contribution is 2.43. The molecule has 1 aliphatic heterocycles. The van der Waals surface area contributed by atoms with E-state index in [4.69, 9.17) is 4.74 Å². The average molecular weight is 305 g/mol. The first-order chi connectivity index (χ1) is 9.99. The standard InChI is InChI=1S/C15H15NO4S/c1-20-12-6-4-9-16-14(12)15(17)8-10-21(18,19)13-7-3-2-5-11(13)15/h2-7,9,17H,8,10H2,1H3. The van der Waals surface area contributed by atoms with Crippen molar-refractivity contribution in [1.82, 2.24) is 4.98 Å². The summed E-state index contributed by atoms with van der Waals surface area (Å²) >= 11 is 0. The summed E-state index contributed by atoms with van der Waals surface area (Å²) in [6.07, 6.45) is 1.61. The molecular formula is C15H15NO4S. The Labute approximate surface area is 123 Å². The van der Waals surface area contributed by atoms with E-state index in [1.165, 1.54) is 13.2 Å². The smallest absolute Gasteiger partial charge is 0.178 e. The van der Waals surface area contributed by atoms with Gasteiger partial charge in [0, 0.05) is 18.2 Å². The second-order valence-corrected chi connectivity index (χ2v) is 7.06. The van der Waals surface area contributed by atoms with Gasteiger partial charge in [-0.05, 0) is 18.2 Å². The van der Waals surface area contributed by atoms with Crippen molar-refractivity contribution in [3.63, 3.8) is 0 Å². The molecule has 3 rings (SSSR count). The van der Waals surface area contributed by atoms with Crippen molar-refractivity contribution in [2.45, 2.75) is 16.9 Å². The molecule has 0 bridgehead atoms. The maximum Gasteiger partial charge on any atom is 0.178 e. The number of hydrogen-bond acceptors (Lipinski definition) is 5. The average Bonchev–Trinajstić information content (AvgIpc) is 2.52. The third kappa shape index (κ3) is 2.11. The van der Waals surface area contributed by atoms with Crippen LogP contribution in [0.3, 0.4) is 0 Å². The number of aliphatic hydroxyl groups is 1. The van der Waals surface area contributed by atoms with Crippen LogP contribution in [0.25, 0.3) is 0 Å². The molecule has 1 unspecified atom stereocenters. The lowest BCUT2D eigenvalue weighted by Gasteiger charge is -2.34. The molecule has 0 saturated heterocycles. The van der Waals surface area contributed by atoms with Gasteiger partial charge in [0.05, 0.1) is 17.8 Å². The van der Waals surface area contributed by atoms with E-state index >= 15 is 0 Å². The van der Waals surface area contributed by atoms with Crippen LogP contribution in [0.5, 0.6) is 5.75 Å². The first kappa shape index (κ1) is 14.0. The fourth-order valence-electron chi connectivity index (χ4n) is 2.72. The van der Waals surface area contributed by atoms with Crippen LogP contribution < -0.4 is 4.74 Å². The minimum absolute atomic E-state index is 0.0553. The highest BCUT2D eigenvalue weighted by atomic mass is 32.2. The van der Waals surface area contributed by atoms with Crippen molar-refractivity contribution in [1.29, 1.82) is 0 Å². The van der Waals surface area contributed by atoms with Crippen molar-refractivity contribution in [2.24, 2.45) is 0 Å². The lowest BCUT2D eigenvalue weighted by atomic mass is 9.86. The molecule has 5 nitrogen and oxygen atoms in total. The van der Waals surface area contributed by atoms with Crippen molar-refractivity contribution >= 4 is 9.84 Å². The Bertz CT molecular complexity index is 788. The molecule has 21 heavy (non-hydrogen) atoms. The van der Waals surface area contributed by atoms with Crippen LogP contribution in [0, 0.1) is 0 Å². The first-order valence-corrected chi connectivity index (χ1v) is 8.18. The third-order valence-corrected chi connectivity index (χ3v) is 5.55. The largest absolute Gasteiger partial charge is 0.495 e. The van der Waals surface area contributed by atoms with E-state index in [1.54, 1.807) is 36.5 Å². The van der Waals surface area contributed by atoms with Crippen LogP contribution in [0.4, 0.5) is 0 Å².